The average molecular weight is 269 g/mol. The van der Waals surface area contributed by atoms with Gasteiger partial charge in [-0.2, -0.15) is 5.26 Å². The van der Waals surface area contributed by atoms with Crippen LogP contribution < -0.4 is 0 Å². The van der Waals surface area contributed by atoms with E-state index in [2.05, 4.69) is 0 Å². The number of nitrogens with zero attached hydrogens (tertiary/aromatic N) is 1. The van der Waals surface area contributed by atoms with Crippen LogP contribution in [0.2, 0.25) is 0 Å². The third-order valence-electron chi connectivity index (χ3n) is 2.37. The Morgan fingerprint density at radius 1 is 1.61 bits per heavy atom. The van der Waals surface area contributed by atoms with Gasteiger partial charge in [0.1, 0.15) is 11.9 Å². The summed E-state index contributed by atoms with van der Waals surface area (Å²) in [6, 6.07) is 5.63. The highest BCUT2D eigenvalue weighted by molar-refractivity contribution is 7.84. The second-order valence-corrected chi connectivity index (χ2v) is 5.71. The first-order valence-electron chi connectivity index (χ1n) is 5.21. The largest absolute Gasteiger partial charge is 0.481 e. The van der Waals surface area contributed by atoms with E-state index >= 15 is 0 Å². The Hall–Kier alpha value is -1.74. The zero-order chi connectivity index (χ0) is 13.7. The van der Waals surface area contributed by atoms with Crippen LogP contribution in [0.1, 0.15) is 24.5 Å². The molecular formula is C12H12FNO3S. The van der Waals surface area contributed by atoms with Crippen LogP contribution in [0.15, 0.2) is 18.2 Å². The molecule has 0 spiro atoms. The minimum absolute atomic E-state index is 0.101. The molecule has 0 aliphatic carbocycles. The summed E-state index contributed by atoms with van der Waals surface area (Å²) in [6.45, 7) is 1.58. The predicted octanol–water partition coefficient (Wildman–Crippen LogP) is 1.81. The van der Waals surface area contributed by atoms with Crippen LogP contribution in [0.3, 0.4) is 0 Å². The summed E-state index contributed by atoms with van der Waals surface area (Å²) in [5.74, 6) is -1.51. The quantitative estimate of drug-likeness (QED) is 0.884. The fourth-order valence-corrected chi connectivity index (χ4v) is 2.51. The van der Waals surface area contributed by atoms with E-state index in [1.54, 1.807) is 13.0 Å². The molecule has 0 aliphatic heterocycles. The molecule has 0 saturated carbocycles. The zero-order valence-electron chi connectivity index (χ0n) is 9.72. The number of hydrogen-bond acceptors (Lipinski definition) is 3. The summed E-state index contributed by atoms with van der Waals surface area (Å²) in [7, 11) is -1.37. The van der Waals surface area contributed by atoms with Gasteiger partial charge < -0.3 is 5.11 Å². The van der Waals surface area contributed by atoms with Gasteiger partial charge in [-0.05, 0) is 17.7 Å². The molecule has 0 heterocycles. The third-order valence-corrected chi connectivity index (χ3v) is 4.05. The van der Waals surface area contributed by atoms with Gasteiger partial charge in [0, 0.05) is 21.8 Å². The molecule has 0 radical (unpaired) electrons. The molecule has 0 aromatic heterocycles. The Morgan fingerprint density at radius 3 is 2.83 bits per heavy atom. The second-order valence-electron chi connectivity index (χ2n) is 3.86. The number of halogens is 1. The van der Waals surface area contributed by atoms with Crippen LogP contribution in [0.25, 0.3) is 0 Å². The van der Waals surface area contributed by atoms with Crippen LogP contribution in [-0.2, 0) is 21.3 Å². The molecule has 2 unspecified atom stereocenters. The molecule has 1 N–H and O–H groups in total. The highest BCUT2D eigenvalue weighted by Crippen LogP contribution is 2.14. The number of nitriles is 1. The van der Waals surface area contributed by atoms with Crippen LogP contribution in [0.5, 0.6) is 0 Å². The number of carbonyl (C=O) groups is 1. The highest BCUT2D eigenvalue weighted by Gasteiger charge is 2.15. The minimum Gasteiger partial charge on any atom is -0.481 e. The van der Waals surface area contributed by atoms with E-state index in [-0.39, 0.29) is 17.7 Å². The van der Waals surface area contributed by atoms with E-state index in [4.69, 9.17) is 10.4 Å². The van der Waals surface area contributed by atoms with E-state index in [9.17, 15) is 13.4 Å². The summed E-state index contributed by atoms with van der Waals surface area (Å²) in [6.07, 6.45) is -0.182. The smallest absolute Gasteiger partial charge is 0.304 e. The molecule has 1 rings (SSSR count). The second kappa shape index (κ2) is 6.26. The van der Waals surface area contributed by atoms with Gasteiger partial charge >= 0.3 is 5.97 Å². The molecule has 0 amide bonds. The number of carboxylic acids is 1. The van der Waals surface area contributed by atoms with Crippen molar-refractivity contribution >= 4 is 16.8 Å². The van der Waals surface area contributed by atoms with Crippen molar-refractivity contribution in [2.24, 2.45) is 0 Å². The Kier molecular flexibility index (Phi) is 4.98. The summed E-state index contributed by atoms with van der Waals surface area (Å²) in [5, 5.41) is 16.8. The van der Waals surface area contributed by atoms with Gasteiger partial charge in [-0.1, -0.05) is 13.0 Å². The number of carboxylic acid groups (broad SMARTS) is 1. The maximum Gasteiger partial charge on any atom is 0.304 e. The van der Waals surface area contributed by atoms with Gasteiger partial charge in [0.05, 0.1) is 12.0 Å². The lowest BCUT2D eigenvalue weighted by atomic mass is 10.1. The van der Waals surface area contributed by atoms with E-state index < -0.39 is 27.8 Å². The van der Waals surface area contributed by atoms with Crippen molar-refractivity contribution in [2.75, 3.05) is 0 Å². The highest BCUT2D eigenvalue weighted by atomic mass is 32.2. The molecule has 6 heteroatoms. The maximum absolute atomic E-state index is 13.1. The Morgan fingerprint density at radius 2 is 2.28 bits per heavy atom. The van der Waals surface area contributed by atoms with Gasteiger partial charge in [-0.15, -0.1) is 0 Å². The third kappa shape index (κ3) is 3.93. The van der Waals surface area contributed by atoms with Gasteiger partial charge in [0.15, 0.2) is 0 Å². The van der Waals surface area contributed by atoms with Crippen molar-refractivity contribution in [1.82, 2.24) is 0 Å². The molecule has 0 saturated heterocycles. The lowest BCUT2D eigenvalue weighted by Crippen LogP contribution is -2.17. The van der Waals surface area contributed by atoms with Crippen molar-refractivity contribution in [3.05, 3.63) is 35.1 Å². The number of aliphatic carboxylic acids is 1. The zero-order valence-corrected chi connectivity index (χ0v) is 10.5. The van der Waals surface area contributed by atoms with Gasteiger partial charge in [0.25, 0.3) is 0 Å². The fourth-order valence-electron chi connectivity index (χ4n) is 1.39. The van der Waals surface area contributed by atoms with Crippen LogP contribution in [0.4, 0.5) is 4.39 Å². The first kappa shape index (κ1) is 14.3. The Bertz CT molecular complexity index is 525. The van der Waals surface area contributed by atoms with E-state index in [0.717, 1.165) is 6.07 Å². The Labute approximate surface area is 107 Å². The molecule has 4 nitrogen and oxygen atoms in total. The Balaban J connectivity index is 2.76. The van der Waals surface area contributed by atoms with Crippen LogP contribution >= 0.6 is 0 Å². The van der Waals surface area contributed by atoms with Crippen LogP contribution in [-0.4, -0.2) is 20.5 Å². The average Bonchev–Trinajstić information content (AvgIpc) is 2.30. The first-order chi connectivity index (χ1) is 8.43. The maximum atomic E-state index is 13.1. The van der Waals surface area contributed by atoms with E-state index in [0.29, 0.717) is 5.56 Å². The number of benzene rings is 1. The van der Waals surface area contributed by atoms with Crippen molar-refractivity contribution < 1.29 is 18.5 Å². The summed E-state index contributed by atoms with van der Waals surface area (Å²) in [4.78, 5) is 10.5. The fraction of sp³-hybridized carbons (Fsp3) is 0.333. The molecule has 1 aromatic rings. The summed E-state index contributed by atoms with van der Waals surface area (Å²) >= 11 is 0. The first-order valence-corrected chi connectivity index (χ1v) is 6.59. The molecule has 0 aliphatic rings. The molecule has 0 bridgehead atoms. The standard InChI is InChI=1S/C12H12FNO3S/c1-8(4-12(15)16)18(17)7-9-2-3-11(13)10(5-9)6-14/h2-3,5,8H,4,7H2,1H3,(H,15,16). The van der Waals surface area contributed by atoms with Gasteiger partial charge in [-0.25, -0.2) is 4.39 Å². The molecule has 96 valence electrons. The lowest BCUT2D eigenvalue weighted by Gasteiger charge is -2.09. The molecular weight excluding hydrogens is 257 g/mol. The van der Waals surface area contributed by atoms with Crippen molar-refractivity contribution in [1.29, 1.82) is 5.26 Å². The topological polar surface area (TPSA) is 78.2 Å². The van der Waals surface area contributed by atoms with Crippen molar-refractivity contribution in [3.63, 3.8) is 0 Å². The van der Waals surface area contributed by atoms with Crippen LogP contribution in [0, 0.1) is 17.1 Å². The summed E-state index contributed by atoms with van der Waals surface area (Å²) in [5.41, 5.74) is 0.457. The summed E-state index contributed by atoms with van der Waals surface area (Å²) < 4.78 is 24.9. The number of hydrogen-bond donors (Lipinski definition) is 1. The molecule has 0 fully saturated rings. The van der Waals surface area contributed by atoms with Crippen molar-refractivity contribution in [3.8, 4) is 6.07 Å². The predicted molar refractivity (Wildman–Crippen MR) is 64.7 cm³/mol. The van der Waals surface area contributed by atoms with E-state index in [1.165, 1.54) is 12.1 Å². The monoisotopic (exact) mass is 269 g/mol. The molecule has 2 atom stereocenters. The van der Waals surface area contributed by atoms with E-state index in [1.807, 2.05) is 0 Å². The normalized spacial score (nSPS) is 13.6. The van der Waals surface area contributed by atoms with Gasteiger partial charge in [0.2, 0.25) is 0 Å². The molecule has 1 aromatic carbocycles. The van der Waals surface area contributed by atoms with Gasteiger partial charge in [-0.3, -0.25) is 9.00 Å². The SMILES string of the molecule is CC(CC(=O)O)S(=O)Cc1ccc(F)c(C#N)c1. The van der Waals surface area contributed by atoms with Crippen molar-refractivity contribution in [2.45, 2.75) is 24.3 Å². The number of rotatable bonds is 5. The minimum atomic E-state index is -1.37. The lowest BCUT2D eigenvalue weighted by molar-refractivity contribution is -0.136. The molecule has 18 heavy (non-hydrogen) atoms.